The van der Waals surface area contributed by atoms with Gasteiger partial charge >= 0.3 is 0 Å². The van der Waals surface area contributed by atoms with Gasteiger partial charge in [0.1, 0.15) is 17.8 Å². The van der Waals surface area contributed by atoms with Crippen LogP contribution >= 0.6 is 0 Å². The molecule has 1 saturated heterocycles. The lowest BCUT2D eigenvalue weighted by Gasteiger charge is -2.35. The maximum absolute atomic E-state index is 13.1. The molecule has 0 radical (unpaired) electrons. The van der Waals surface area contributed by atoms with E-state index in [1.165, 1.54) is 0 Å². The smallest absolute Gasteiger partial charge is 0.273 e. The maximum atomic E-state index is 13.1. The molecule has 1 aliphatic heterocycles. The van der Waals surface area contributed by atoms with Crippen LogP contribution in [-0.4, -0.2) is 61.6 Å². The number of aromatic nitrogens is 5. The molecule has 3 aromatic heterocycles. The highest BCUT2D eigenvalue weighted by Crippen LogP contribution is 2.21. The molecular formula is C22H23N7O. The SMILES string of the molecule is CCCc1cc(N2CCN(C(=O)c3nccc4ccccc34)CC2)nc2nncn12. The van der Waals surface area contributed by atoms with Crippen LogP contribution in [0.15, 0.2) is 48.9 Å². The number of hydrogen-bond donors (Lipinski definition) is 0. The third kappa shape index (κ3) is 3.24. The molecule has 0 atom stereocenters. The number of fused-ring (bicyclic) bond motifs is 2. The van der Waals surface area contributed by atoms with Gasteiger partial charge in [-0.1, -0.05) is 37.6 Å². The highest BCUT2D eigenvalue weighted by atomic mass is 16.2. The Labute approximate surface area is 174 Å². The molecule has 4 aromatic rings. The van der Waals surface area contributed by atoms with Gasteiger partial charge in [0.15, 0.2) is 0 Å². The van der Waals surface area contributed by atoms with Gasteiger partial charge in [0, 0.05) is 49.5 Å². The van der Waals surface area contributed by atoms with Crippen molar-refractivity contribution in [3.8, 4) is 0 Å². The fourth-order valence-electron chi connectivity index (χ4n) is 4.05. The second-order valence-corrected chi connectivity index (χ2v) is 7.52. The molecule has 0 N–H and O–H groups in total. The first-order chi connectivity index (χ1) is 14.7. The molecular weight excluding hydrogens is 378 g/mol. The summed E-state index contributed by atoms with van der Waals surface area (Å²) in [6.45, 7) is 4.86. The summed E-state index contributed by atoms with van der Waals surface area (Å²) in [7, 11) is 0. The van der Waals surface area contributed by atoms with Crippen molar-refractivity contribution in [1.29, 1.82) is 0 Å². The van der Waals surface area contributed by atoms with E-state index >= 15 is 0 Å². The Morgan fingerprint density at radius 1 is 1.10 bits per heavy atom. The number of anilines is 1. The molecule has 152 valence electrons. The summed E-state index contributed by atoms with van der Waals surface area (Å²) in [5.74, 6) is 1.50. The molecule has 0 saturated carbocycles. The van der Waals surface area contributed by atoms with Crippen molar-refractivity contribution in [3.05, 3.63) is 60.3 Å². The minimum Gasteiger partial charge on any atom is -0.353 e. The fourth-order valence-corrected chi connectivity index (χ4v) is 4.05. The second-order valence-electron chi connectivity index (χ2n) is 7.52. The molecule has 5 rings (SSSR count). The van der Waals surface area contributed by atoms with E-state index in [1.807, 2.05) is 39.6 Å². The zero-order chi connectivity index (χ0) is 20.5. The van der Waals surface area contributed by atoms with Crippen LogP contribution in [0.1, 0.15) is 29.5 Å². The Morgan fingerprint density at radius 3 is 2.77 bits per heavy atom. The van der Waals surface area contributed by atoms with Crippen molar-refractivity contribution in [1.82, 2.24) is 29.5 Å². The van der Waals surface area contributed by atoms with Crippen LogP contribution in [0, 0.1) is 0 Å². The first-order valence-electron chi connectivity index (χ1n) is 10.3. The zero-order valence-corrected chi connectivity index (χ0v) is 16.9. The van der Waals surface area contributed by atoms with E-state index in [0.717, 1.165) is 48.2 Å². The number of hydrogen-bond acceptors (Lipinski definition) is 6. The molecule has 1 fully saturated rings. The number of aryl methyl sites for hydroxylation is 1. The summed E-state index contributed by atoms with van der Waals surface area (Å²) in [6, 6.07) is 11.9. The molecule has 4 heterocycles. The predicted octanol–water partition coefficient (Wildman–Crippen LogP) is 2.59. The Morgan fingerprint density at radius 2 is 1.93 bits per heavy atom. The lowest BCUT2D eigenvalue weighted by atomic mass is 10.1. The van der Waals surface area contributed by atoms with Crippen LogP contribution < -0.4 is 4.90 Å². The number of benzene rings is 1. The minimum absolute atomic E-state index is 0.0148. The topological polar surface area (TPSA) is 79.5 Å². The summed E-state index contributed by atoms with van der Waals surface area (Å²) in [5.41, 5.74) is 1.68. The number of piperazine rings is 1. The van der Waals surface area contributed by atoms with E-state index in [4.69, 9.17) is 0 Å². The quantitative estimate of drug-likeness (QED) is 0.523. The monoisotopic (exact) mass is 401 g/mol. The maximum Gasteiger partial charge on any atom is 0.273 e. The lowest BCUT2D eigenvalue weighted by Crippen LogP contribution is -2.49. The number of rotatable bonds is 4. The predicted molar refractivity (Wildman–Crippen MR) is 115 cm³/mol. The Bertz CT molecular complexity index is 1210. The van der Waals surface area contributed by atoms with Crippen LogP contribution in [0.3, 0.4) is 0 Å². The first-order valence-corrected chi connectivity index (χ1v) is 10.3. The van der Waals surface area contributed by atoms with Crippen molar-refractivity contribution in [2.45, 2.75) is 19.8 Å². The van der Waals surface area contributed by atoms with Gasteiger partial charge in [-0.2, -0.15) is 4.98 Å². The van der Waals surface area contributed by atoms with Gasteiger partial charge in [0.25, 0.3) is 11.7 Å². The Hall–Kier alpha value is -3.55. The molecule has 8 nitrogen and oxygen atoms in total. The van der Waals surface area contributed by atoms with Gasteiger partial charge in [-0.05, 0) is 17.9 Å². The second kappa shape index (κ2) is 7.70. The summed E-state index contributed by atoms with van der Waals surface area (Å²) >= 11 is 0. The van der Waals surface area contributed by atoms with Crippen molar-refractivity contribution in [3.63, 3.8) is 0 Å². The molecule has 8 heteroatoms. The van der Waals surface area contributed by atoms with E-state index in [9.17, 15) is 4.79 Å². The third-order valence-electron chi connectivity index (χ3n) is 5.62. The Balaban J connectivity index is 1.35. The summed E-state index contributed by atoms with van der Waals surface area (Å²) < 4.78 is 1.94. The van der Waals surface area contributed by atoms with Gasteiger partial charge < -0.3 is 9.80 Å². The lowest BCUT2D eigenvalue weighted by molar-refractivity contribution is 0.0743. The van der Waals surface area contributed by atoms with Crippen molar-refractivity contribution in [2.24, 2.45) is 0 Å². The van der Waals surface area contributed by atoms with E-state index in [2.05, 4.69) is 38.1 Å². The van der Waals surface area contributed by atoms with Crippen molar-refractivity contribution < 1.29 is 4.79 Å². The summed E-state index contributed by atoms with van der Waals surface area (Å²) in [4.78, 5) is 26.3. The number of amides is 1. The fraction of sp³-hybridized carbons (Fsp3) is 0.318. The normalized spacial score (nSPS) is 14.6. The van der Waals surface area contributed by atoms with Crippen molar-refractivity contribution in [2.75, 3.05) is 31.1 Å². The van der Waals surface area contributed by atoms with Crippen LogP contribution in [-0.2, 0) is 6.42 Å². The van der Waals surface area contributed by atoms with Gasteiger partial charge in [-0.3, -0.25) is 14.2 Å². The molecule has 1 amide bonds. The van der Waals surface area contributed by atoms with Gasteiger partial charge in [-0.15, -0.1) is 10.2 Å². The molecule has 0 aliphatic carbocycles. The van der Waals surface area contributed by atoms with E-state index in [1.54, 1.807) is 12.5 Å². The van der Waals surface area contributed by atoms with E-state index in [0.29, 0.717) is 24.6 Å². The average molecular weight is 401 g/mol. The zero-order valence-electron chi connectivity index (χ0n) is 16.9. The summed E-state index contributed by atoms with van der Waals surface area (Å²) in [6.07, 6.45) is 5.40. The molecule has 1 aromatic carbocycles. The molecule has 1 aliphatic rings. The average Bonchev–Trinajstić information content (AvgIpc) is 3.28. The standard InChI is InChI=1S/C22H23N7O/c1-2-5-17-14-19(25-22-26-24-15-29(17)22)27-10-12-28(13-11-27)21(30)20-18-7-4-3-6-16(18)8-9-23-20/h3-4,6-9,14-15H,2,5,10-13H2,1H3. The molecule has 0 unspecified atom stereocenters. The summed E-state index contributed by atoms with van der Waals surface area (Å²) in [5, 5.41) is 10.1. The number of carbonyl (C=O) groups excluding carboxylic acids is 1. The van der Waals surface area contributed by atoms with Crippen LogP contribution in [0.25, 0.3) is 16.6 Å². The molecule has 0 spiro atoms. The van der Waals surface area contributed by atoms with Crippen molar-refractivity contribution >= 4 is 28.3 Å². The van der Waals surface area contributed by atoms with Crippen LogP contribution in [0.5, 0.6) is 0 Å². The molecule has 30 heavy (non-hydrogen) atoms. The molecule has 0 bridgehead atoms. The van der Waals surface area contributed by atoms with Gasteiger partial charge in [-0.25, -0.2) is 0 Å². The van der Waals surface area contributed by atoms with Gasteiger partial charge in [0.05, 0.1) is 0 Å². The van der Waals surface area contributed by atoms with E-state index < -0.39 is 0 Å². The first kappa shape index (κ1) is 18.5. The highest BCUT2D eigenvalue weighted by Gasteiger charge is 2.25. The van der Waals surface area contributed by atoms with Gasteiger partial charge in [0.2, 0.25) is 0 Å². The largest absolute Gasteiger partial charge is 0.353 e. The Kier molecular flexibility index (Phi) is 4.74. The highest BCUT2D eigenvalue weighted by molar-refractivity contribution is 6.05. The minimum atomic E-state index is -0.0148. The van der Waals surface area contributed by atoms with Crippen LogP contribution in [0.2, 0.25) is 0 Å². The van der Waals surface area contributed by atoms with Crippen LogP contribution in [0.4, 0.5) is 5.82 Å². The third-order valence-corrected chi connectivity index (χ3v) is 5.62. The number of carbonyl (C=O) groups is 1. The van der Waals surface area contributed by atoms with E-state index in [-0.39, 0.29) is 5.91 Å². The number of pyridine rings is 1. The number of nitrogens with zero attached hydrogens (tertiary/aromatic N) is 7.